The van der Waals surface area contributed by atoms with E-state index in [0.29, 0.717) is 27.7 Å². The fraction of sp³-hybridized carbons (Fsp3) is 0.714. The molecule has 160 valence electrons. The Morgan fingerprint density at radius 3 is 1.50 bits per heavy atom. The van der Waals surface area contributed by atoms with Gasteiger partial charge in [0.15, 0.2) is 6.10 Å². The van der Waals surface area contributed by atoms with E-state index in [1.165, 1.54) is 0 Å². The molecule has 0 aliphatic carbocycles. The van der Waals surface area contributed by atoms with Crippen LogP contribution in [0.4, 0.5) is 0 Å². The lowest BCUT2D eigenvalue weighted by molar-refractivity contribution is -0.593. The molecule has 5 atom stereocenters. The number of aliphatic hydroxyl groups excluding tert-OH is 1. The van der Waals surface area contributed by atoms with Crippen molar-refractivity contribution in [1.82, 2.24) is 0 Å². The lowest BCUT2D eigenvalue weighted by Crippen LogP contribution is -2.87. The summed E-state index contributed by atoms with van der Waals surface area (Å²) in [6.07, 6.45) is -2.40. The van der Waals surface area contributed by atoms with Crippen molar-refractivity contribution in [2.24, 2.45) is 0 Å². The molecule has 0 radical (unpaired) electrons. The van der Waals surface area contributed by atoms with E-state index in [1.54, 1.807) is 0 Å². The zero-order chi connectivity index (χ0) is 22.1. The van der Waals surface area contributed by atoms with Crippen LogP contribution in [0.1, 0.15) is 27.7 Å². The third kappa shape index (κ3) is 3.65. The first-order valence-corrected chi connectivity index (χ1v) is 7.55. The molecule has 1 rings (SSSR count). The Balaban J connectivity index is 3.89. The fourth-order valence-corrected chi connectivity index (χ4v) is 2.52. The summed E-state index contributed by atoms with van der Waals surface area (Å²) in [6, 6.07) is 0. The van der Waals surface area contributed by atoms with Crippen LogP contribution in [0.2, 0.25) is 0 Å². The molecule has 0 saturated carbocycles. The molecule has 14 heteroatoms. The molecule has 1 fully saturated rings. The third-order valence-corrected chi connectivity index (χ3v) is 3.44. The Morgan fingerprint density at radius 2 is 1.14 bits per heavy atom. The van der Waals surface area contributed by atoms with Gasteiger partial charge in [0.2, 0.25) is 0 Å². The lowest BCUT2D eigenvalue weighted by Gasteiger charge is -2.57. The maximum atomic E-state index is 11.5. The number of carbonyl (C=O) groups is 4. The first-order chi connectivity index (χ1) is 12.6. The van der Waals surface area contributed by atoms with Gasteiger partial charge in [0, 0.05) is 27.7 Å². The van der Waals surface area contributed by atoms with E-state index in [1.807, 2.05) is 0 Å². The topological polar surface area (TPSA) is 216 Å². The maximum absolute atomic E-state index is 11.5. The van der Waals surface area contributed by atoms with Crippen LogP contribution in [0.5, 0.6) is 0 Å². The van der Waals surface area contributed by atoms with Crippen molar-refractivity contribution in [2.45, 2.75) is 57.1 Å². The number of hydrogen-bond donors (Lipinski definition) is 5. The molecule has 0 unspecified atom stereocenters. The molecule has 1 aliphatic heterocycles. The molecule has 28 heavy (non-hydrogen) atoms. The summed E-state index contributed by atoms with van der Waals surface area (Å²) >= 11 is 0. The largest absolute Gasteiger partial charge is 0.423 e. The molecule has 0 aromatic rings. The number of rotatable bonds is 5. The standard InChI is InChI=1S/C14H20O14/c1-6(16)24-11(20)10(5-15)28-14(23,27-9(4)19)13(22,26-8(3)18)12(11,21)25-7(2)17/h10,15,20-23H,5H2,1-4H3/t10-,11-,12-,13+,14-/m1/s1. The van der Waals surface area contributed by atoms with Gasteiger partial charge in [-0.05, 0) is 0 Å². The summed E-state index contributed by atoms with van der Waals surface area (Å²) in [5.41, 5.74) is 0. The second-order valence-electron chi connectivity index (χ2n) is 5.73. The SMILES string of the molecule is CC(=O)O[C@@]1(O)O[C@H](CO)[C@@](O)(OC(C)=O)[C@@](O)(OC(C)=O)[C@]1(O)OC(C)=O. The van der Waals surface area contributed by atoms with Gasteiger partial charge in [-0.15, -0.1) is 0 Å². The Morgan fingerprint density at radius 1 is 0.750 bits per heavy atom. The van der Waals surface area contributed by atoms with Gasteiger partial charge in [-0.25, -0.2) is 0 Å². The van der Waals surface area contributed by atoms with Gasteiger partial charge in [-0.2, -0.15) is 0 Å². The second-order valence-corrected chi connectivity index (χ2v) is 5.73. The molecule has 0 spiro atoms. The molecule has 1 aliphatic rings. The van der Waals surface area contributed by atoms with Crippen molar-refractivity contribution in [3.63, 3.8) is 0 Å². The van der Waals surface area contributed by atoms with Crippen LogP contribution >= 0.6 is 0 Å². The van der Waals surface area contributed by atoms with Crippen LogP contribution in [-0.2, 0) is 42.9 Å². The number of aliphatic hydroxyl groups is 5. The molecule has 1 saturated heterocycles. The summed E-state index contributed by atoms with van der Waals surface area (Å²) in [7, 11) is 0. The van der Waals surface area contributed by atoms with Crippen molar-refractivity contribution in [1.29, 1.82) is 0 Å². The number of ether oxygens (including phenoxy) is 5. The second kappa shape index (κ2) is 7.57. The summed E-state index contributed by atoms with van der Waals surface area (Å²) in [4.78, 5) is 45.7. The molecule has 5 N–H and O–H groups in total. The molecule has 1 heterocycles. The molecule has 0 aromatic heterocycles. The van der Waals surface area contributed by atoms with Crippen LogP contribution in [0.3, 0.4) is 0 Å². The van der Waals surface area contributed by atoms with Gasteiger partial charge >= 0.3 is 47.2 Å². The molecule has 0 bridgehead atoms. The third-order valence-electron chi connectivity index (χ3n) is 3.44. The summed E-state index contributed by atoms with van der Waals surface area (Å²) in [5, 5.41) is 52.4. The highest BCUT2D eigenvalue weighted by Gasteiger charge is 2.87. The number of hydrogen-bond acceptors (Lipinski definition) is 14. The molecule has 0 amide bonds. The van der Waals surface area contributed by atoms with Crippen molar-refractivity contribution in [2.75, 3.05) is 6.61 Å². The minimum Gasteiger partial charge on any atom is -0.423 e. The summed E-state index contributed by atoms with van der Waals surface area (Å²) in [6.45, 7) is 1.32. The Kier molecular flexibility index (Phi) is 6.40. The van der Waals surface area contributed by atoms with Gasteiger partial charge in [0.25, 0.3) is 0 Å². The van der Waals surface area contributed by atoms with Crippen LogP contribution in [0.15, 0.2) is 0 Å². The zero-order valence-corrected chi connectivity index (χ0v) is 15.2. The van der Waals surface area contributed by atoms with Gasteiger partial charge in [0.1, 0.15) is 0 Å². The number of esters is 4. The van der Waals surface area contributed by atoms with Crippen molar-refractivity contribution in [3.05, 3.63) is 0 Å². The lowest BCUT2D eigenvalue weighted by atomic mass is 9.85. The van der Waals surface area contributed by atoms with Gasteiger partial charge in [0.05, 0.1) is 6.61 Å². The average Bonchev–Trinajstić information content (AvgIpc) is 2.48. The highest BCUT2D eigenvalue weighted by molar-refractivity contribution is 5.70. The molecule has 0 aromatic carbocycles. The maximum Gasteiger partial charge on any atom is 0.404 e. The van der Waals surface area contributed by atoms with E-state index < -0.39 is 59.9 Å². The highest BCUT2D eigenvalue weighted by Crippen LogP contribution is 2.51. The smallest absolute Gasteiger partial charge is 0.404 e. The normalized spacial score (nSPS) is 37.5. The first-order valence-electron chi connectivity index (χ1n) is 7.55. The van der Waals surface area contributed by atoms with Crippen LogP contribution in [-0.4, -0.2) is 85.5 Å². The van der Waals surface area contributed by atoms with E-state index in [9.17, 15) is 44.7 Å². The van der Waals surface area contributed by atoms with Gasteiger partial charge < -0.3 is 44.5 Å². The molecule has 14 nitrogen and oxygen atoms in total. The predicted molar refractivity (Wildman–Crippen MR) is 78.8 cm³/mol. The summed E-state index contributed by atoms with van der Waals surface area (Å²) < 4.78 is 22.4. The average molecular weight is 412 g/mol. The van der Waals surface area contributed by atoms with E-state index in [0.717, 1.165) is 0 Å². The summed E-state index contributed by atoms with van der Waals surface area (Å²) in [5.74, 6) is -21.4. The predicted octanol–water partition coefficient (Wildman–Crippen LogP) is -3.66. The Labute approximate surface area is 157 Å². The number of carbonyl (C=O) groups excluding carboxylic acids is 4. The zero-order valence-electron chi connectivity index (χ0n) is 15.2. The molecular formula is C14H20O14. The van der Waals surface area contributed by atoms with Crippen molar-refractivity contribution < 1.29 is 68.4 Å². The quantitative estimate of drug-likeness (QED) is 0.167. The minimum absolute atomic E-state index is 0.642. The molecular weight excluding hydrogens is 392 g/mol. The first kappa shape index (κ1) is 23.7. The van der Waals surface area contributed by atoms with Crippen molar-refractivity contribution >= 4 is 23.9 Å². The fourth-order valence-electron chi connectivity index (χ4n) is 2.52. The van der Waals surface area contributed by atoms with Crippen LogP contribution < -0.4 is 0 Å². The van der Waals surface area contributed by atoms with E-state index in [4.69, 9.17) is 4.74 Å². The van der Waals surface area contributed by atoms with Gasteiger partial charge in [-0.1, -0.05) is 0 Å². The van der Waals surface area contributed by atoms with E-state index in [-0.39, 0.29) is 0 Å². The van der Waals surface area contributed by atoms with Crippen LogP contribution in [0.25, 0.3) is 0 Å². The Bertz CT molecular complexity index is 677. The van der Waals surface area contributed by atoms with E-state index >= 15 is 0 Å². The van der Waals surface area contributed by atoms with Crippen LogP contribution in [0, 0.1) is 0 Å². The van der Waals surface area contributed by atoms with Crippen molar-refractivity contribution in [3.8, 4) is 0 Å². The monoisotopic (exact) mass is 412 g/mol. The highest BCUT2D eigenvalue weighted by atomic mass is 16.9. The van der Waals surface area contributed by atoms with E-state index in [2.05, 4.69) is 18.9 Å². The Hall–Kier alpha value is -2.36. The van der Waals surface area contributed by atoms with Gasteiger partial charge in [-0.3, -0.25) is 23.9 Å². The minimum atomic E-state index is -4.11.